The summed E-state index contributed by atoms with van der Waals surface area (Å²) in [5, 5.41) is 9.72. The molecule has 0 radical (unpaired) electrons. The second-order valence-electron chi connectivity index (χ2n) is 6.24. The van der Waals surface area contributed by atoms with Crippen molar-refractivity contribution in [2.24, 2.45) is 17.1 Å². The van der Waals surface area contributed by atoms with E-state index in [9.17, 15) is 14.7 Å². The quantitative estimate of drug-likeness (QED) is 0.770. The van der Waals surface area contributed by atoms with E-state index in [0.717, 1.165) is 12.0 Å². The Hall–Kier alpha value is -1.40. The first-order chi connectivity index (χ1) is 9.98. The van der Waals surface area contributed by atoms with E-state index < -0.39 is 11.3 Å². The molecule has 21 heavy (non-hydrogen) atoms. The highest BCUT2D eigenvalue weighted by Gasteiger charge is 2.47. The first-order valence-corrected chi connectivity index (χ1v) is 8.17. The molecule has 2 aliphatic rings. The van der Waals surface area contributed by atoms with Crippen molar-refractivity contribution in [1.82, 2.24) is 0 Å². The third-order valence-corrected chi connectivity index (χ3v) is 5.85. The number of aliphatic hydroxyl groups is 1. The van der Waals surface area contributed by atoms with Gasteiger partial charge in [-0.15, -0.1) is 11.3 Å². The van der Waals surface area contributed by atoms with Crippen LogP contribution in [0.1, 0.15) is 57.7 Å². The average molecular weight is 308 g/mol. The summed E-state index contributed by atoms with van der Waals surface area (Å²) < 4.78 is 0. The molecule has 2 aliphatic carbocycles. The fraction of sp³-hybridized carbons (Fsp3) is 0.600. The molecular weight excluding hydrogens is 288 g/mol. The van der Waals surface area contributed by atoms with Gasteiger partial charge in [-0.3, -0.25) is 9.59 Å². The number of carbonyl (C=O) groups excluding carboxylic acids is 2. The van der Waals surface area contributed by atoms with Crippen LogP contribution in [-0.2, 0) is 6.42 Å². The summed E-state index contributed by atoms with van der Waals surface area (Å²) in [6.45, 7) is 0.0112. The molecule has 1 fully saturated rings. The van der Waals surface area contributed by atoms with E-state index in [-0.39, 0.29) is 12.4 Å². The number of aliphatic hydroxyl groups excluding tert-OH is 1. The van der Waals surface area contributed by atoms with Gasteiger partial charge in [0, 0.05) is 12.0 Å². The first kappa shape index (κ1) is 14.5. The maximum Gasteiger partial charge on any atom is 0.251 e. The molecule has 5 nitrogen and oxygen atoms in total. The highest BCUT2D eigenvalue weighted by molar-refractivity contribution is 7.18. The van der Waals surface area contributed by atoms with Crippen molar-refractivity contribution in [2.75, 3.05) is 12.3 Å². The molecule has 114 valence electrons. The number of nitrogen functional groups attached to an aromatic ring is 1. The van der Waals surface area contributed by atoms with E-state index in [1.165, 1.54) is 24.2 Å². The van der Waals surface area contributed by atoms with Crippen molar-refractivity contribution in [3.63, 3.8) is 0 Å². The summed E-state index contributed by atoms with van der Waals surface area (Å²) in [7, 11) is 0. The second-order valence-corrected chi connectivity index (χ2v) is 7.30. The topological polar surface area (TPSA) is 106 Å². The maximum absolute atomic E-state index is 13.0. The predicted octanol–water partition coefficient (Wildman–Crippen LogP) is 1.73. The lowest BCUT2D eigenvalue weighted by atomic mass is 9.67. The van der Waals surface area contributed by atoms with E-state index in [4.69, 9.17) is 11.5 Å². The van der Waals surface area contributed by atoms with Gasteiger partial charge >= 0.3 is 0 Å². The van der Waals surface area contributed by atoms with Crippen LogP contribution in [0.4, 0.5) is 5.00 Å². The number of hydrogen-bond donors (Lipinski definition) is 3. The molecule has 1 aromatic heterocycles. The molecule has 0 aromatic carbocycles. The highest BCUT2D eigenvalue weighted by atomic mass is 32.1. The van der Waals surface area contributed by atoms with E-state index in [0.29, 0.717) is 40.6 Å². The van der Waals surface area contributed by atoms with Gasteiger partial charge in [-0.25, -0.2) is 0 Å². The third kappa shape index (κ3) is 2.36. The van der Waals surface area contributed by atoms with Gasteiger partial charge < -0.3 is 16.6 Å². The second kappa shape index (κ2) is 5.10. The number of nitrogens with two attached hydrogens (primary N) is 2. The fourth-order valence-corrected chi connectivity index (χ4v) is 4.70. The van der Waals surface area contributed by atoms with E-state index in [2.05, 4.69) is 0 Å². The zero-order valence-electron chi connectivity index (χ0n) is 11.9. The van der Waals surface area contributed by atoms with Crippen LogP contribution in [0.15, 0.2) is 0 Å². The molecule has 3 rings (SSSR count). The van der Waals surface area contributed by atoms with Crippen molar-refractivity contribution in [3.05, 3.63) is 16.0 Å². The van der Waals surface area contributed by atoms with Crippen molar-refractivity contribution in [1.29, 1.82) is 0 Å². The number of carbonyl (C=O) groups is 2. The standard InChI is InChI=1S/C15H20N2O3S/c16-13(20)10-9-3-4-15(5-6-18,7-8-1-2-8)12(19)11(9)21-14(10)17/h8,18H,1-7,17H2,(H2,16,20). The largest absolute Gasteiger partial charge is 0.396 e. The number of thiophene rings is 1. The smallest absolute Gasteiger partial charge is 0.251 e. The molecule has 1 saturated carbocycles. The zero-order chi connectivity index (χ0) is 15.2. The lowest BCUT2D eigenvalue weighted by molar-refractivity contribution is 0.0659. The Bertz CT molecular complexity index is 606. The molecule has 1 heterocycles. The fourth-order valence-electron chi connectivity index (χ4n) is 3.52. The Labute approximate surface area is 127 Å². The van der Waals surface area contributed by atoms with Crippen molar-refractivity contribution in [2.45, 2.75) is 38.5 Å². The van der Waals surface area contributed by atoms with Gasteiger partial charge in [0.2, 0.25) is 0 Å². The molecule has 6 heteroatoms. The van der Waals surface area contributed by atoms with Crippen LogP contribution in [0.2, 0.25) is 0 Å². The molecule has 1 amide bonds. The van der Waals surface area contributed by atoms with Crippen LogP contribution in [0.3, 0.4) is 0 Å². The third-order valence-electron chi connectivity index (χ3n) is 4.79. The van der Waals surface area contributed by atoms with Crippen molar-refractivity contribution < 1.29 is 14.7 Å². The monoisotopic (exact) mass is 308 g/mol. The minimum Gasteiger partial charge on any atom is -0.396 e. The van der Waals surface area contributed by atoms with E-state index >= 15 is 0 Å². The normalized spacial score (nSPS) is 24.9. The van der Waals surface area contributed by atoms with Crippen LogP contribution < -0.4 is 11.5 Å². The van der Waals surface area contributed by atoms with E-state index in [1.807, 2.05) is 0 Å². The summed E-state index contributed by atoms with van der Waals surface area (Å²) in [4.78, 5) is 25.1. The molecular formula is C15H20N2O3S. The van der Waals surface area contributed by atoms with Crippen LogP contribution in [0, 0.1) is 11.3 Å². The zero-order valence-corrected chi connectivity index (χ0v) is 12.7. The maximum atomic E-state index is 13.0. The Morgan fingerprint density at radius 1 is 1.43 bits per heavy atom. The number of hydrogen-bond acceptors (Lipinski definition) is 5. The number of primary amides is 1. The van der Waals surface area contributed by atoms with Crippen molar-refractivity contribution in [3.8, 4) is 0 Å². The number of fused-ring (bicyclic) bond motifs is 1. The molecule has 1 aromatic rings. The summed E-state index contributed by atoms with van der Waals surface area (Å²) in [6.07, 6.45) is 4.99. The average Bonchev–Trinajstić information content (AvgIpc) is 3.15. The number of amides is 1. The summed E-state index contributed by atoms with van der Waals surface area (Å²) in [5.74, 6) is 0.0959. The van der Waals surface area contributed by atoms with Gasteiger partial charge in [-0.1, -0.05) is 12.8 Å². The van der Waals surface area contributed by atoms with Crippen LogP contribution in [0.25, 0.3) is 0 Å². The summed E-state index contributed by atoms with van der Waals surface area (Å²) in [6, 6.07) is 0. The Kier molecular flexibility index (Phi) is 3.53. The lowest BCUT2D eigenvalue weighted by Crippen LogP contribution is -2.37. The SMILES string of the molecule is NC(=O)c1c(N)sc2c1CCC(CCO)(CC1CC1)C2=O. The van der Waals surface area contributed by atoms with Gasteiger partial charge in [-0.2, -0.15) is 0 Å². The van der Waals surface area contributed by atoms with Crippen LogP contribution in [0.5, 0.6) is 0 Å². The number of anilines is 1. The van der Waals surface area contributed by atoms with Crippen molar-refractivity contribution >= 4 is 28.0 Å². The lowest BCUT2D eigenvalue weighted by Gasteiger charge is -2.35. The molecule has 0 saturated heterocycles. The molecule has 0 aliphatic heterocycles. The number of ketones is 1. The van der Waals surface area contributed by atoms with Gasteiger partial charge in [0.25, 0.3) is 5.91 Å². The predicted molar refractivity (Wildman–Crippen MR) is 81.4 cm³/mol. The molecule has 5 N–H and O–H groups in total. The van der Waals surface area contributed by atoms with Gasteiger partial charge in [0.1, 0.15) is 0 Å². The minimum atomic E-state index is -0.561. The molecule has 0 bridgehead atoms. The van der Waals surface area contributed by atoms with Gasteiger partial charge in [0.15, 0.2) is 5.78 Å². The summed E-state index contributed by atoms with van der Waals surface area (Å²) in [5.41, 5.74) is 11.8. The summed E-state index contributed by atoms with van der Waals surface area (Å²) >= 11 is 1.17. The minimum absolute atomic E-state index is 0.0112. The number of rotatable bonds is 5. The van der Waals surface area contributed by atoms with Crippen LogP contribution in [-0.4, -0.2) is 23.4 Å². The first-order valence-electron chi connectivity index (χ1n) is 7.35. The molecule has 1 atom stereocenters. The van der Waals surface area contributed by atoms with Gasteiger partial charge in [-0.05, 0) is 37.2 Å². The Morgan fingerprint density at radius 3 is 2.71 bits per heavy atom. The Balaban J connectivity index is 2.00. The molecule has 0 spiro atoms. The van der Waals surface area contributed by atoms with Gasteiger partial charge in [0.05, 0.1) is 15.4 Å². The van der Waals surface area contributed by atoms with E-state index in [1.54, 1.807) is 0 Å². The van der Waals surface area contributed by atoms with Crippen LogP contribution >= 0.6 is 11.3 Å². The number of Topliss-reactive ketones (excluding diaryl/α,β-unsaturated/α-hetero) is 1. The Morgan fingerprint density at radius 2 is 2.14 bits per heavy atom. The molecule has 1 unspecified atom stereocenters. The highest BCUT2D eigenvalue weighted by Crippen LogP contribution is 2.51.